The smallest absolute Gasteiger partial charge is 0.263 e. The first-order chi connectivity index (χ1) is 15.0. The van der Waals surface area contributed by atoms with Crippen LogP contribution in [0.3, 0.4) is 0 Å². The van der Waals surface area contributed by atoms with E-state index < -0.39 is 0 Å². The van der Waals surface area contributed by atoms with E-state index in [0.29, 0.717) is 23.8 Å². The summed E-state index contributed by atoms with van der Waals surface area (Å²) in [6.45, 7) is 6.59. The molecular weight excluding hydrogens is 414 g/mol. The molecule has 9 heteroatoms. The van der Waals surface area contributed by atoms with Crippen molar-refractivity contribution in [2.75, 3.05) is 18.0 Å². The first kappa shape index (κ1) is 24.7. The van der Waals surface area contributed by atoms with Crippen LogP contribution in [0.1, 0.15) is 67.6 Å². The summed E-state index contributed by atoms with van der Waals surface area (Å²) >= 11 is 1.42. The average molecular weight is 448 g/mol. The summed E-state index contributed by atoms with van der Waals surface area (Å²) in [5.74, 6) is 0.121. The zero-order valence-electron chi connectivity index (χ0n) is 18.3. The molecular formula is C22H33N5O3S. The third-order valence-electron chi connectivity index (χ3n) is 4.85. The van der Waals surface area contributed by atoms with Crippen molar-refractivity contribution in [2.24, 2.45) is 5.92 Å². The maximum atomic E-state index is 12.5. The van der Waals surface area contributed by atoms with Crippen LogP contribution in [0.4, 0.5) is 5.13 Å². The van der Waals surface area contributed by atoms with Crippen LogP contribution in [0, 0.1) is 5.92 Å². The monoisotopic (exact) mass is 447 g/mol. The van der Waals surface area contributed by atoms with Crippen LogP contribution in [0.2, 0.25) is 0 Å². The van der Waals surface area contributed by atoms with Crippen molar-refractivity contribution in [3.05, 3.63) is 41.2 Å². The van der Waals surface area contributed by atoms with E-state index in [-0.39, 0.29) is 11.8 Å². The zero-order chi connectivity index (χ0) is 22.5. The predicted molar refractivity (Wildman–Crippen MR) is 122 cm³/mol. The number of hydroxylamine groups is 1. The minimum Gasteiger partial charge on any atom is -0.348 e. The highest BCUT2D eigenvalue weighted by Gasteiger charge is 2.15. The van der Waals surface area contributed by atoms with Crippen LogP contribution in [0.15, 0.2) is 30.7 Å². The lowest BCUT2D eigenvalue weighted by Crippen LogP contribution is -2.26. The Balaban J connectivity index is 1.85. The molecule has 0 spiro atoms. The van der Waals surface area contributed by atoms with Gasteiger partial charge in [0.25, 0.3) is 5.91 Å². The Labute approximate surface area is 188 Å². The number of aromatic nitrogens is 2. The SMILES string of the molecule is CC(C)CCN(CCCCCCC(=O)NO)c1ncc(C(=O)NCc2cccnc2)s1. The van der Waals surface area contributed by atoms with Gasteiger partial charge in [0.2, 0.25) is 5.91 Å². The van der Waals surface area contributed by atoms with E-state index >= 15 is 0 Å². The molecule has 2 rings (SSSR count). The Bertz CT molecular complexity index is 797. The molecule has 0 aliphatic heterocycles. The minimum atomic E-state index is -0.337. The molecule has 2 aromatic heterocycles. The number of carbonyl (C=O) groups is 2. The molecule has 0 aromatic carbocycles. The van der Waals surface area contributed by atoms with Crippen LogP contribution in [0.25, 0.3) is 0 Å². The normalized spacial score (nSPS) is 10.8. The van der Waals surface area contributed by atoms with Gasteiger partial charge < -0.3 is 10.2 Å². The summed E-state index contributed by atoms with van der Waals surface area (Å²) < 4.78 is 0. The molecule has 0 fully saturated rings. The van der Waals surface area contributed by atoms with Crippen molar-refractivity contribution in [2.45, 2.75) is 58.9 Å². The number of unbranched alkanes of at least 4 members (excludes halogenated alkanes) is 3. The molecule has 2 heterocycles. The van der Waals surface area contributed by atoms with Gasteiger partial charge in [-0.3, -0.25) is 19.8 Å². The molecule has 0 saturated carbocycles. The second-order valence-electron chi connectivity index (χ2n) is 7.92. The van der Waals surface area contributed by atoms with E-state index in [0.717, 1.165) is 55.9 Å². The second kappa shape index (κ2) is 13.7. The molecule has 8 nitrogen and oxygen atoms in total. The molecule has 0 aliphatic carbocycles. The van der Waals surface area contributed by atoms with Crippen LogP contribution < -0.4 is 15.7 Å². The number of pyridine rings is 1. The summed E-state index contributed by atoms with van der Waals surface area (Å²) in [4.78, 5) is 35.0. The summed E-state index contributed by atoms with van der Waals surface area (Å²) in [5.41, 5.74) is 2.62. The highest BCUT2D eigenvalue weighted by molar-refractivity contribution is 7.17. The number of amides is 2. The van der Waals surface area contributed by atoms with E-state index in [9.17, 15) is 9.59 Å². The molecule has 0 aliphatic rings. The van der Waals surface area contributed by atoms with Crippen molar-refractivity contribution < 1.29 is 14.8 Å². The van der Waals surface area contributed by atoms with Gasteiger partial charge in [0.1, 0.15) is 4.88 Å². The Morgan fingerprint density at radius 2 is 1.97 bits per heavy atom. The van der Waals surface area contributed by atoms with Crippen molar-refractivity contribution in [3.63, 3.8) is 0 Å². The molecule has 0 saturated heterocycles. The number of nitrogens with one attached hydrogen (secondary N) is 2. The highest BCUT2D eigenvalue weighted by Crippen LogP contribution is 2.24. The average Bonchev–Trinajstić information content (AvgIpc) is 3.27. The number of thiazole rings is 1. The molecule has 3 N–H and O–H groups in total. The Hall–Kier alpha value is -2.52. The minimum absolute atomic E-state index is 0.126. The van der Waals surface area contributed by atoms with E-state index in [4.69, 9.17) is 5.21 Å². The Kier molecular flexibility index (Phi) is 10.9. The van der Waals surface area contributed by atoms with Gasteiger partial charge in [-0.05, 0) is 36.8 Å². The number of anilines is 1. The third-order valence-corrected chi connectivity index (χ3v) is 5.90. The van der Waals surface area contributed by atoms with E-state index in [2.05, 4.69) is 34.0 Å². The molecule has 0 unspecified atom stereocenters. The van der Waals surface area contributed by atoms with Gasteiger partial charge in [0.15, 0.2) is 5.13 Å². The van der Waals surface area contributed by atoms with Gasteiger partial charge >= 0.3 is 0 Å². The fraction of sp³-hybridized carbons (Fsp3) is 0.545. The van der Waals surface area contributed by atoms with Gasteiger partial charge in [-0.15, -0.1) is 0 Å². The molecule has 170 valence electrons. The number of rotatable bonds is 14. The summed E-state index contributed by atoms with van der Waals surface area (Å²) in [6.07, 6.45) is 10.2. The molecule has 0 radical (unpaired) electrons. The topological polar surface area (TPSA) is 107 Å². The van der Waals surface area contributed by atoms with Crippen molar-refractivity contribution >= 4 is 28.3 Å². The van der Waals surface area contributed by atoms with E-state index in [1.807, 2.05) is 12.1 Å². The second-order valence-corrected chi connectivity index (χ2v) is 8.93. The molecule has 2 aromatic rings. The summed E-state index contributed by atoms with van der Waals surface area (Å²) in [5, 5.41) is 12.3. The zero-order valence-corrected chi connectivity index (χ0v) is 19.2. The highest BCUT2D eigenvalue weighted by atomic mass is 32.1. The van der Waals surface area contributed by atoms with Gasteiger partial charge in [0, 0.05) is 38.4 Å². The lowest BCUT2D eigenvalue weighted by Gasteiger charge is -2.22. The molecule has 0 bridgehead atoms. The first-order valence-electron chi connectivity index (χ1n) is 10.8. The van der Waals surface area contributed by atoms with Crippen LogP contribution >= 0.6 is 11.3 Å². The van der Waals surface area contributed by atoms with Crippen LogP contribution in [0.5, 0.6) is 0 Å². The lowest BCUT2D eigenvalue weighted by atomic mass is 10.1. The lowest BCUT2D eigenvalue weighted by molar-refractivity contribution is -0.129. The van der Waals surface area contributed by atoms with Crippen LogP contribution in [-0.4, -0.2) is 40.1 Å². The van der Waals surface area contributed by atoms with Crippen molar-refractivity contribution in [1.82, 2.24) is 20.8 Å². The Morgan fingerprint density at radius 3 is 2.68 bits per heavy atom. The summed E-state index contributed by atoms with van der Waals surface area (Å²) in [6, 6.07) is 3.77. The van der Waals surface area contributed by atoms with Crippen molar-refractivity contribution in [3.8, 4) is 0 Å². The van der Waals surface area contributed by atoms with Gasteiger partial charge in [-0.1, -0.05) is 44.1 Å². The largest absolute Gasteiger partial charge is 0.348 e. The number of hydrogen-bond acceptors (Lipinski definition) is 7. The predicted octanol–water partition coefficient (Wildman–Crippen LogP) is 3.78. The molecule has 31 heavy (non-hydrogen) atoms. The maximum Gasteiger partial charge on any atom is 0.263 e. The maximum absolute atomic E-state index is 12.5. The molecule has 2 amide bonds. The molecule has 0 atom stereocenters. The van der Waals surface area contributed by atoms with E-state index in [1.165, 1.54) is 11.3 Å². The first-order valence-corrected chi connectivity index (χ1v) is 11.6. The quantitative estimate of drug-likeness (QED) is 0.231. The standard InChI is InChI=1S/C22H33N5O3S/c1-17(2)10-13-27(12-6-4-3-5-9-20(28)26-30)22-25-16-19(31-22)21(29)24-15-18-8-7-11-23-14-18/h7-8,11,14,16-17,30H,3-6,9-10,12-13,15H2,1-2H3,(H,24,29)(H,26,28). The van der Waals surface area contributed by atoms with Gasteiger partial charge in [-0.2, -0.15) is 0 Å². The van der Waals surface area contributed by atoms with Crippen molar-refractivity contribution in [1.29, 1.82) is 0 Å². The third kappa shape index (κ3) is 9.44. The van der Waals surface area contributed by atoms with Gasteiger partial charge in [0.05, 0.1) is 6.20 Å². The van der Waals surface area contributed by atoms with Gasteiger partial charge in [-0.25, -0.2) is 10.5 Å². The fourth-order valence-corrected chi connectivity index (χ4v) is 3.89. The number of carbonyl (C=O) groups excluding carboxylic acids is 2. The fourth-order valence-electron chi connectivity index (χ4n) is 3.00. The number of nitrogens with zero attached hydrogens (tertiary/aromatic N) is 3. The Morgan fingerprint density at radius 1 is 1.16 bits per heavy atom. The van der Waals surface area contributed by atoms with Crippen LogP contribution in [-0.2, 0) is 11.3 Å². The number of hydrogen-bond donors (Lipinski definition) is 3. The summed E-state index contributed by atoms with van der Waals surface area (Å²) in [7, 11) is 0. The van der Waals surface area contributed by atoms with E-state index in [1.54, 1.807) is 24.1 Å².